The molecule has 2 radical (unpaired) electrons. The Bertz CT molecular complexity index is 104. The van der Waals surface area contributed by atoms with E-state index in [9.17, 15) is 4.79 Å². The average molecular weight is 192 g/mol. The van der Waals surface area contributed by atoms with Crippen LogP contribution in [0, 0.1) is 0 Å². The standard InChI is InChI=1S/C6H14N2O2.2Na/c1-2-7-3-4-8-5-6(9)10;;/h7-8H,2-5H2,1H3,(H,9,10);;. The maximum atomic E-state index is 9.95. The van der Waals surface area contributed by atoms with Crippen molar-refractivity contribution in [1.29, 1.82) is 0 Å². The Kier molecular flexibility index (Phi) is 23.6. The molecule has 0 amide bonds. The van der Waals surface area contributed by atoms with E-state index in [0.717, 1.165) is 13.1 Å². The second-order valence-corrected chi connectivity index (χ2v) is 1.92. The smallest absolute Gasteiger partial charge is 0.317 e. The van der Waals surface area contributed by atoms with Crippen molar-refractivity contribution in [1.82, 2.24) is 10.6 Å². The van der Waals surface area contributed by atoms with Crippen LogP contribution < -0.4 is 10.6 Å². The summed E-state index contributed by atoms with van der Waals surface area (Å²) in [4.78, 5) is 9.95. The summed E-state index contributed by atoms with van der Waals surface area (Å²) in [6.45, 7) is 4.52. The Balaban J connectivity index is -0.000000405. The van der Waals surface area contributed by atoms with E-state index in [0.29, 0.717) is 6.54 Å². The van der Waals surface area contributed by atoms with Crippen molar-refractivity contribution < 1.29 is 9.90 Å². The summed E-state index contributed by atoms with van der Waals surface area (Å²) >= 11 is 0. The summed E-state index contributed by atoms with van der Waals surface area (Å²) in [6, 6.07) is 0. The fourth-order valence-corrected chi connectivity index (χ4v) is 0.549. The summed E-state index contributed by atoms with van der Waals surface area (Å²) < 4.78 is 0. The molecule has 0 fully saturated rings. The maximum Gasteiger partial charge on any atom is 0.317 e. The minimum atomic E-state index is -0.809. The van der Waals surface area contributed by atoms with Crippen molar-refractivity contribution in [2.45, 2.75) is 6.92 Å². The molecule has 0 aliphatic carbocycles. The largest absolute Gasteiger partial charge is 0.480 e. The summed E-state index contributed by atoms with van der Waals surface area (Å²) in [5.74, 6) is -0.809. The Hall–Kier alpha value is 1.39. The van der Waals surface area contributed by atoms with E-state index < -0.39 is 5.97 Å². The van der Waals surface area contributed by atoms with E-state index in [1.165, 1.54) is 0 Å². The van der Waals surface area contributed by atoms with Crippen LogP contribution in [0.5, 0.6) is 0 Å². The number of nitrogens with one attached hydrogen (secondary N) is 2. The van der Waals surface area contributed by atoms with Gasteiger partial charge in [0.25, 0.3) is 0 Å². The van der Waals surface area contributed by atoms with Crippen LogP contribution in [-0.4, -0.2) is 96.4 Å². The van der Waals surface area contributed by atoms with Gasteiger partial charge in [0.2, 0.25) is 0 Å². The first-order chi connectivity index (χ1) is 4.77. The Morgan fingerprint density at radius 1 is 1.25 bits per heavy atom. The molecular weight excluding hydrogens is 178 g/mol. The fraction of sp³-hybridized carbons (Fsp3) is 0.833. The van der Waals surface area contributed by atoms with Crippen molar-refractivity contribution in [3.8, 4) is 0 Å². The normalized spacial score (nSPS) is 8.08. The van der Waals surface area contributed by atoms with Gasteiger partial charge in [-0.05, 0) is 6.54 Å². The van der Waals surface area contributed by atoms with Gasteiger partial charge in [-0.25, -0.2) is 0 Å². The number of carbonyl (C=O) groups is 1. The summed E-state index contributed by atoms with van der Waals surface area (Å²) in [5, 5.41) is 14.0. The van der Waals surface area contributed by atoms with Crippen molar-refractivity contribution in [2.24, 2.45) is 0 Å². The van der Waals surface area contributed by atoms with Gasteiger partial charge in [0.15, 0.2) is 0 Å². The van der Waals surface area contributed by atoms with E-state index in [1.54, 1.807) is 0 Å². The molecule has 0 unspecified atom stereocenters. The topological polar surface area (TPSA) is 61.4 Å². The molecule has 0 atom stereocenters. The minimum absolute atomic E-state index is 0. The van der Waals surface area contributed by atoms with Gasteiger partial charge in [-0.2, -0.15) is 0 Å². The number of aliphatic carboxylic acids is 1. The number of hydrogen-bond acceptors (Lipinski definition) is 3. The Labute approximate surface area is 117 Å². The Morgan fingerprint density at radius 2 is 1.75 bits per heavy atom. The third-order valence-electron chi connectivity index (χ3n) is 1.00. The zero-order valence-corrected chi connectivity index (χ0v) is 12.2. The van der Waals surface area contributed by atoms with Gasteiger partial charge in [-0.15, -0.1) is 0 Å². The van der Waals surface area contributed by atoms with Crippen molar-refractivity contribution in [3.63, 3.8) is 0 Å². The zero-order valence-electron chi connectivity index (χ0n) is 8.18. The molecule has 0 spiro atoms. The minimum Gasteiger partial charge on any atom is -0.480 e. The first kappa shape index (κ1) is 19.0. The Morgan fingerprint density at radius 3 is 2.17 bits per heavy atom. The third-order valence-corrected chi connectivity index (χ3v) is 1.00. The third kappa shape index (κ3) is 17.5. The molecule has 12 heavy (non-hydrogen) atoms. The van der Waals surface area contributed by atoms with Crippen LogP contribution >= 0.6 is 0 Å². The van der Waals surface area contributed by atoms with Crippen molar-refractivity contribution in [2.75, 3.05) is 26.2 Å². The van der Waals surface area contributed by atoms with Gasteiger partial charge >= 0.3 is 5.97 Å². The number of carboxylic acids is 1. The molecule has 0 aromatic rings. The molecule has 62 valence electrons. The van der Waals surface area contributed by atoms with Gasteiger partial charge in [0.05, 0.1) is 6.54 Å². The van der Waals surface area contributed by atoms with Crippen LogP contribution in [-0.2, 0) is 4.79 Å². The molecule has 0 bridgehead atoms. The van der Waals surface area contributed by atoms with E-state index in [2.05, 4.69) is 10.6 Å². The monoisotopic (exact) mass is 192 g/mol. The maximum absolute atomic E-state index is 9.95. The number of likely N-dealkylation sites (N-methyl/N-ethyl adjacent to an activating group) is 1. The number of hydrogen-bond donors (Lipinski definition) is 3. The first-order valence-electron chi connectivity index (χ1n) is 3.40. The average Bonchev–Trinajstić information content (AvgIpc) is 1.87. The molecule has 0 aliphatic heterocycles. The van der Waals surface area contributed by atoms with E-state index in [4.69, 9.17) is 5.11 Å². The molecule has 4 nitrogen and oxygen atoms in total. The zero-order chi connectivity index (χ0) is 7.82. The summed E-state index contributed by atoms with van der Waals surface area (Å²) in [7, 11) is 0. The van der Waals surface area contributed by atoms with Gasteiger partial charge in [-0.3, -0.25) is 4.79 Å². The van der Waals surface area contributed by atoms with E-state index in [1.807, 2.05) is 6.92 Å². The summed E-state index contributed by atoms with van der Waals surface area (Å²) in [5.41, 5.74) is 0. The van der Waals surface area contributed by atoms with Gasteiger partial charge in [-0.1, -0.05) is 6.92 Å². The molecule has 0 saturated carbocycles. The van der Waals surface area contributed by atoms with Crippen LogP contribution in [0.2, 0.25) is 0 Å². The second-order valence-electron chi connectivity index (χ2n) is 1.92. The molecule has 3 N–H and O–H groups in total. The van der Waals surface area contributed by atoms with Gasteiger partial charge in [0, 0.05) is 72.2 Å². The second kappa shape index (κ2) is 14.9. The molecular formula is C6H14N2Na2O2. The molecule has 0 aliphatic rings. The summed E-state index contributed by atoms with van der Waals surface area (Å²) in [6.07, 6.45) is 0. The SMILES string of the molecule is CCNCCNCC(=O)O.[Na].[Na]. The van der Waals surface area contributed by atoms with Crippen molar-refractivity contribution >= 4 is 65.1 Å². The quantitative estimate of drug-likeness (QED) is 0.354. The van der Waals surface area contributed by atoms with E-state index in [-0.39, 0.29) is 65.7 Å². The van der Waals surface area contributed by atoms with Crippen LogP contribution in [0.4, 0.5) is 0 Å². The van der Waals surface area contributed by atoms with Gasteiger partial charge < -0.3 is 15.7 Å². The van der Waals surface area contributed by atoms with Crippen LogP contribution in [0.3, 0.4) is 0 Å². The molecule has 0 heterocycles. The first-order valence-corrected chi connectivity index (χ1v) is 3.40. The van der Waals surface area contributed by atoms with Crippen LogP contribution in [0.1, 0.15) is 6.92 Å². The predicted molar refractivity (Wildman–Crippen MR) is 50.6 cm³/mol. The van der Waals surface area contributed by atoms with Crippen molar-refractivity contribution in [3.05, 3.63) is 0 Å². The molecule has 0 saturated heterocycles. The van der Waals surface area contributed by atoms with Crippen LogP contribution in [0.25, 0.3) is 0 Å². The fourth-order valence-electron chi connectivity index (χ4n) is 0.549. The number of rotatable bonds is 6. The molecule has 0 aromatic heterocycles. The predicted octanol–water partition coefficient (Wildman–Crippen LogP) is -1.49. The molecule has 0 aromatic carbocycles. The van der Waals surface area contributed by atoms with Crippen LogP contribution in [0.15, 0.2) is 0 Å². The number of carboxylic acid groups (broad SMARTS) is 1. The van der Waals surface area contributed by atoms with Gasteiger partial charge in [0.1, 0.15) is 0 Å². The molecule has 6 heteroatoms. The van der Waals surface area contributed by atoms with E-state index >= 15 is 0 Å². The molecule has 0 rings (SSSR count).